The fourth-order valence-corrected chi connectivity index (χ4v) is 0.332. The van der Waals surface area contributed by atoms with Gasteiger partial charge in [0.05, 0.1) is 0 Å². The van der Waals surface area contributed by atoms with E-state index in [1.165, 1.54) is 0 Å². The number of Topliss-reactive ketones (excluding diaryl/α,β-unsaturated/α-hetero) is 1. The Morgan fingerprint density at radius 3 is 3.00 bits per heavy atom. The van der Waals surface area contributed by atoms with Crippen molar-refractivity contribution in [3.63, 3.8) is 0 Å². The van der Waals surface area contributed by atoms with Gasteiger partial charge in [0.25, 0.3) is 0 Å². The van der Waals surface area contributed by atoms with E-state index in [1.807, 2.05) is 0 Å². The van der Waals surface area contributed by atoms with Crippen LogP contribution in [0.4, 0.5) is 0 Å². The van der Waals surface area contributed by atoms with Crippen LogP contribution in [0, 0.1) is 5.89 Å². The third-order valence-corrected chi connectivity index (χ3v) is 0.767. The second-order valence-corrected chi connectivity index (χ2v) is 1.33. The van der Waals surface area contributed by atoms with Crippen LogP contribution in [-0.2, 0) is 4.79 Å². The van der Waals surface area contributed by atoms with Crippen molar-refractivity contribution in [1.82, 2.24) is 0 Å². The summed E-state index contributed by atoms with van der Waals surface area (Å²) >= 11 is 0. The molecule has 0 aliphatic heterocycles. The van der Waals surface area contributed by atoms with Gasteiger partial charge in [-0.2, -0.15) is 0 Å². The maximum Gasteiger partial charge on any atom is 0.135 e. The van der Waals surface area contributed by atoms with E-state index < -0.39 is 30.8 Å². The van der Waals surface area contributed by atoms with Crippen molar-refractivity contribution in [1.29, 1.82) is 0 Å². The standard InChI is InChI=1S/C6H10O/c1-5-3-2-4-6(5)7/h5H,2-4H2,1H3/i2D2,3D2,4D2,5D. The van der Waals surface area contributed by atoms with E-state index in [9.17, 15) is 4.79 Å². The first-order valence-electron chi connectivity index (χ1n) is 5.45. The van der Waals surface area contributed by atoms with E-state index in [-0.39, 0.29) is 0 Å². The maximum absolute atomic E-state index is 11.3. The Balaban J connectivity index is 3.46. The molecule has 7 heavy (non-hydrogen) atoms. The zero-order chi connectivity index (χ0) is 11.6. The highest BCUT2D eigenvalue weighted by Gasteiger charge is 2.18. The molecule has 0 aromatic rings. The summed E-state index contributed by atoms with van der Waals surface area (Å²) in [7, 11) is 0. The van der Waals surface area contributed by atoms with E-state index in [0.29, 0.717) is 0 Å². The van der Waals surface area contributed by atoms with Gasteiger partial charge in [-0.3, -0.25) is 4.79 Å². The van der Waals surface area contributed by atoms with Gasteiger partial charge < -0.3 is 0 Å². The van der Waals surface area contributed by atoms with Crippen LogP contribution in [0.3, 0.4) is 0 Å². The first-order chi connectivity index (χ1) is 5.90. The molecule has 0 amide bonds. The normalized spacial score (nSPS) is 78.4. The molecular weight excluding hydrogens is 88.1 g/mol. The smallest absolute Gasteiger partial charge is 0.135 e. The average Bonchev–Trinajstić information content (AvgIpc) is 2.05. The van der Waals surface area contributed by atoms with Crippen LogP contribution in [0.1, 0.15) is 35.6 Å². The van der Waals surface area contributed by atoms with Crippen LogP contribution in [0.15, 0.2) is 0 Å². The summed E-state index contributed by atoms with van der Waals surface area (Å²) in [5.41, 5.74) is 0. The summed E-state index contributed by atoms with van der Waals surface area (Å²) in [4.78, 5) is 11.3. The molecule has 0 aromatic heterocycles. The lowest BCUT2D eigenvalue weighted by atomic mass is 10.1. The minimum atomic E-state index is -2.98. The van der Waals surface area contributed by atoms with E-state index in [1.54, 1.807) is 0 Å². The summed E-state index contributed by atoms with van der Waals surface area (Å²) in [5.74, 6) is -3.74. The van der Waals surface area contributed by atoms with E-state index in [2.05, 4.69) is 0 Å². The summed E-state index contributed by atoms with van der Waals surface area (Å²) in [6.45, 7) is 0.901. The number of hydrogen-bond donors (Lipinski definition) is 0. The van der Waals surface area contributed by atoms with Crippen molar-refractivity contribution < 1.29 is 14.4 Å². The van der Waals surface area contributed by atoms with Crippen molar-refractivity contribution in [3.8, 4) is 0 Å². The molecule has 0 N–H and O–H groups in total. The summed E-state index contributed by atoms with van der Waals surface area (Å²) in [5, 5.41) is 0. The topological polar surface area (TPSA) is 17.1 Å². The SMILES string of the molecule is [2H]C1([2H])C(=O)C([2H])(C)C([2H])([2H])C1([2H])[2H]. The number of carbonyl (C=O) groups excluding carboxylic acids is 1. The van der Waals surface area contributed by atoms with Gasteiger partial charge in [-0.25, -0.2) is 0 Å². The van der Waals surface area contributed by atoms with Gasteiger partial charge in [-0.05, 0) is 12.7 Å². The minimum absolute atomic E-state index is 0.901. The van der Waals surface area contributed by atoms with Crippen molar-refractivity contribution in [2.45, 2.75) is 26.0 Å². The first kappa shape index (κ1) is 1.15. The third-order valence-electron chi connectivity index (χ3n) is 0.767. The molecule has 40 valence electrons. The molecule has 1 aliphatic carbocycles. The van der Waals surface area contributed by atoms with E-state index >= 15 is 0 Å². The fraction of sp³-hybridized carbons (Fsp3) is 0.833. The molecule has 1 unspecified atom stereocenters. The summed E-state index contributed by atoms with van der Waals surface area (Å²) < 4.78 is 50.9. The van der Waals surface area contributed by atoms with Gasteiger partial charge in [0, 0.05) is 21.9 Å². The Labute approximate surface area is 53.6 Å². The van der Waals surface area contributed by atoms with E-state index in [4.69, 9.17) is 9.60 Å². The monoisotopic (exact) mass is 105 g/mol. The lowest BCUT2D eigenvalue weighted by Crippen LogP contribution is -1.98. The van der Waals surface area contributed by atoms with Crippen molar-refractivity contribution >= 4 is 5.78 Å². The van der Waals surface area contributed by atoms with Gasteiger partial charge in [0.1, 0.15) is 5.78 Å². The summed E-state index contributed by atoms with van der Waals surface area (Å²) in [6, 6.07) is 0. The van der Waals surface area contributed by atoms with Gasteiger partial charge >= 0.3 is 0 Å². The van der Waals surface area contributed by atoms with Crippen molar-refractivity contribution in [2.75, 3.05) is 0 Å². The Morgan fingerprint density at radius 2 is 2.86 bits per heavy atom. The predicted octanol–water partition coefficient (Wildman–Crippen LogP) is 1.38. The number of ketones is 1. The molecule has 0 saturated heterocycles. The van der Waals surface area contributed by atoms with Gasteiger partial charge in [-0.15, -0.1) is 0 Å². The van der Waals surface area contributed by atoms with Crippen LogP contribution in [0.5, 0.6) is 0 Å². The molecule has 1 rings (SSSR count). The lowest BCUT2D eigenvalue weighted by molar-refractivity contribution is -0.120. The van der Waals surface area contributed by atoms with Crippen molar-refractivity contribution in [3.05, 3.63) is 0 Å². The van der Waals surface area contributed by atoms with Gasteiger partial charge in [0.15, 0.2) is 0 Å². The van der Waals surface area contributed by atoms with Crippen molar-refractivity contribution in [2.24, 2.45) is 5.89 Å². The highest BCUT2D eigenvalue weighted by molar-refractivity contribution is 5.82. The molecule has 1 nitrogen and oxygen atoms in total. The predicted molar refractivity (Wildman–Crippen MR) is 28.0 cm³/mol. The molecule has 0 bridgehead atoms. The average molecular weight is 105 g/mol. The molecule has 1 fully saturated rings. The second-order valence-electron chi connectivity index (χ2n) is 1.33. The van der Waals surface area contributed by atoms with Crippen LogP contribution in [0.25, 0.3) is 0 Å². The quantitative estimate of drug-likeness (QED) is 0.455. The number of hydrogen-bond acceptors (Lipinski definition) is 1. The first-order valence-corrected chi connectivity index (χ1v) is 1.95. The highest BCUT2D eigenvalue weighted by atomic mass is 16.1. The van der Waals surface area contributed by atoms with Crippen LogP contribution < -0.4 is 0 Å². The fourth-order valence-electron chi connectivity index (χ4n) is 0.332. The lowest BCUT2D eigenvalue weighted by Gasteiger charge is -1.91. The molecule has 0 heterocycles. The second kappa shape index (κ2) is 1.65. The van der Waals surface area contributed by atoms with Gasteiger partial charge in [-0.1, -0.05) is 6.92 Å². The minimum Gasteiger partial charge on any atom is -0.299 e. The molecule has 0 radical (unpaired) electrons. The molecular formula is C6H10O. The zero-order valence-electron chi connectivity index (χ0n) is 10.9. The van der Waals surface area contributed by atoms with Crippen LogP contribution in [-0.4, -0.2) is 5.78 Å². The highest BCUT2D eigenvalue weighted by Crippen LogP contribution is 2.19. The van der Waals surface area contributed by atoms with Gasteiger partial charge in [0.2, 0.25) is 0 Å². The maximum atomic E-state index is 11.3. The Kier molecular flexibility index (Phi) is 0.270. The molecule has 1 heteroatoms. The molecule has 0 aromatic carbocycles. The Bertz CT molecular complexity index is 265. The third kappa shape index (κ3) is 0.817. The summed E-state index contributed by atoms with van der Waals surface area (Å²) in [6.07, 6.45) is -8.76. The van der Waals surface area contributed by atoms with Crippen LogP contribution >= 0.6 is 0 Å². The molecule has 0 spiro atoms. The number of rotatable bonds is 0. The number of carbonyl (C=O) groups is 1. The Hall–Kier alpha value is -0.330. The van der Waals surface area contributed by atoms with Crippen LogP contribution in [0.2, 0.25) is 0 Å². The molecule has 1 saturated carbocycles. The largest absolute Gasteiger partial charge is 0.299 e. The molecule has 1 atom stereocenters. The Morgan fingerprint density at radius 1 is 2.14 bits per heavy atom. The molecule has 1 aliphatic rings. The zero-order valence-corrected chi connectivity index (χ0v) is 3.91. The van der Waals surface area contributed by atoms with E-state index in [0.717, 1.165) is 6.92 Å².